The molecular weight excluding hydrogens is 256 g/mol. The third kappa shape index (κ3) is 1.84. The Balaban J connectivity index is 1.91. The molecule has 1 N–H and O–H groups in total. The van der Waals surface area contributed by atoms with E-state index in [1.165, 1.54) is 23.9 Å². The number of nitrogens with one attached hydrogen (secondary N) is 1. The second-order valence-electron chi connectivity index (χ2n) is 4.40. The number of halogens is 2. The maximum absolute atomic E-state index is 13.9. The fraction of sp³-hybridized carbons (Fsp3) is 0.417. The monoisotopic (exact) mass is 269 g/mol. The summed E-state index contributed by atoms with van der Waals surface area (Å²) in [4.78, 5) is 0. The van der Waals surface area contributed by atoms with Crippen LogP contribution in [0.4, 0.5) is 8.78 Å². The lowest BCUT2D eigenvalue weighted by molar-refractivity contribution is 0.180. The quantitative estimate of drug-likeness (QED) is 0.848. The minimum atomic E-state index is -0.994. The van der Waals surface area contributed by atoms with Crippen LogP contribution in [0.15, 0.2) is 29.4 Å². The van der Waals surface area contributed by atoms with Gasteiger partial charge in [0, 0.05) is 6.42 Å². The van der Waals surface area contributed by atoms with E-state index in [0.29, 0.717) is 11.6 Å². The van der Waals surface area contributed by atoms with Gasteiger partial charge in [0.1, 0.15) is 18.2 Å². The molecule has 1 aromatic rings. The van der Waals surface area contributed by atoms with Gasteiger partial charge in [0.05, 0.1) is 6.04 Å². The van der Waals surface area contributed by atoms with Gasteiger partial charge in [0.2, 0.25) is 0 Å². The Morgan fingerprint density at radius 3 is 3.06 bits per heavy atom. The van der Waals surface area contributed by atoms with Gasteiger partial charge in [-0.15, -0.1) is 5.10 Å². The Bertz CT molecular complexity index is 494. The van der Waals surface area contributed by atoms with Crippen LogP contribution < -0.4 is 5.32 Å². The van der Waals surface area contributed by atoms with Crippen LogP contribution in [0.5, 0.6) is 0 Å². The molecule has 0 aliphatic carbocycles. The summed E-state index contributed by atoms with van der Waals surface area (Å²) in [6, 6.07) is 6.11. The Labute approximate surface area is 108 Å². The highest BCUT2D eigenvalue weighted by molar-refractivity contribution is 8.13. The van der Waals surface area contributed by atoms with Crippen molar-refractivity contribution in [1.29, 1.82) is 0 Å². The van der Waals surface area contributed by atoms with Gasteiger partial charge >= 0.3 is 0 Å². The molecule has 0 bridgehead atoms. The first-order valence-electron chi connectivity index (χ1n) is 5.76. The number of rotatable bonds is 1. The molecule has 3 nitrogen and oxygen atoms in total. The number of nitrogens with zero attached hydrogens (tertiary/aromatic N) is 2. The lowest BCUT2D eigenvalue weighted by Gasteiger charge is -2.21. The van der Waals surface area contributed by atoms with Crippen molar-refractivity contribution in [2.75, 3.05) is 6.26 Å². The second kappa shape index (κ2) is 4.42. The number of fused-ring (bicyclic) bond motifs is 1. The van der Waals surface area contributed by atoms with Crippen LogP contribution in [0.25, 0.3) is 0 Å². The van der Waals surface area contributed by atoms with Crippen molar-refractivity contribution in [3.63, 3.8) is 0 Å². The van der Waals surface area contributed by atoms with Crippen molar-refractivity contribution in [1.82, 2.24) is 10.3 Å². The maximum Gasteiger partial charge on any atom is 0.182 e. The number of hydrogen-bond acceptors (Lipinski definition) is 4. The zero-order valence-corrected chi connectivity index (χ0v) is 10.6. The Hall–Kier alpha value is -1.30. The van der Waals surface area contributed by atoms with Crippen LogP contribution >= 0.6 is 11.8 Å². The van der Waals surface area contributed by atoms with Gasteiger partial charge in [-0.3, -0.25) is 5.01 Å². The third-order valence-electron chi connectivity index (χ3n) is 3.30. The largest absolute Gasteiger partial charge is 0.339 e. The molecule has 1 fully saturated rings. The normalized spacial score (nSPS) is 30.1. The number of hydrogen-bond donors (Lipinski definition) is 1. The zero-order valence-electron chi connectivity index (χ0n) is 9.81. The second-order valence-corrected chi connectivity index (χ2v) is 5.20. The van der Waals surface area contributed by atoms with E-state index in [1.807, 2.05) is 12.3 Å². The van der Waals surface area contributed by atoms with E-state index in [9.17, 15) is 8.78 Å². The highest BCUT2D eigenvalue weighted by Gasteiger charge is 2.45. The lowest BCUT2D eigenvalue weighted by atomic mass is 10.0. The Kier molecular flexibility index (Phi) is 2.89. The molecule has 3 rings (SSSR count). The molecule has 0 amide bonds. The summed E-state index contributed by atoms with van der Waals surface area (Å²) in [7, 11) is 0. The Morgan fingerprint density at radius 2 is 2.33 bits per heavy atom. The third-order valence-corrected chi connectivity index (χ3v) is 3.89. The molecule has 2 aliphatic rings. The molecule has 0 aromatic heterocycles. The summed E-state index contributed by atoms with van der Waals surface area (Å²) in [5.74, 6) is -0.299. The van der Waals surface area contributed by atoms with Crippen LogP contribution in [0.2, 0.25) is 0 Å². The van der Waals surface area contributed by atoms with Gasteiger partial charge in [-0.2, -0.15) is 0 Å². The highest BCUT2D eigenvalue weighted by atomic mass is 32.2. The molecule has 2 aliphatic heterocycles. The number of benzene rings is 1. The molecule has 2 heterocycles. The van der Waals surface area contributed by atoms with Crippen LogP contribution in [0.1, 0.15) is 18.0 Å². The van der Waals surface area contributed by atoms with Gasteiger partial charge in [-0.05, 0) is 24.0 Å². The zero-order chi connectivity index (χ0) is 12.7. The van der Waals surface area contributed by atoms with Crippen molar-refractivity contribution in [3.05, 3.63) is 35.6 Å². The fourth-order valence-corrected chi connectivity index (χ4v) is 2.88. The van der Waals surface area contributed by atoms with E-state index in [4.69, 9.17) is 0 Å². The number of alkyl halides is 1. The molecule has 6 heteroatoms. The SMILES string of the molecule is CSC1=NN2C(N1)[C@@H](F)C[C@H]2c1cccc(F)c1. The summed E-state index contributed by atoms with van der Waals surface area (Å²) < 4.78 is 27.2. The van der Waals surface area contributed by atoms with Gasteiger partial charge < -0.3 is 5.32 Å². The van der Waals surface area contributed by atoms with Crippen LogP contribution in [-0.4, -0.2) is 28.8 Å². The average molecular weight is 269 g/mol. The van der Waals surface area contributed by atoms with Crippen molar-refractivity contribution in [2.24, 2.45) is 5.10 Å². The van der Waals surface area contributed by atoms with Crippen LogP contribution in [0, 0.1) is 5.82 Å². The molecule has 96 valence electrons. The average Bonchev–Trinajstić information content (AvgIpc) is 2.90. The van der Waals surface area contributed by atoms with Gasteiger partial charge in [-0.1, -0.05) is 23.9 Å². The summed E-state index contributed by atoms with van der Waals surface area (Å²) in [5.41, 5.74) is 0.771. The molecular formula is C12H13F2N3S. The van der Waals surface area contributed by atoms with Crippen molar-refractivity contribution in [2.45, 2.75) is 24.8 Å². The summed E-state index contributed by atoms with van der Waals surface area (Å²) in [6.07, 6.45) is 0.817. The number of thioether (sulfide) groups is 1. The molecule has 1 saturated heterocycles. The molecule has 18 heavy (non-hydrogen) atoms. The van der Waals surface area contributed by atoms with Crippen molar-refractivity contribution in [3.8, 4) is 0 Å². The molecule has 0 spiro atoms. The van der Waals surface area contributed by atoms with Crippen molar-refractivity contribution >= 4 is 16.9 Å². The molecule has 0 radical (unpaired) electrons. The summed E-state index contributed by atoms with van der Waals surface area (Å²) in [5, 5.41) is 9.81. The molecule has 0 saturated carbocycles. The fourth-order valence-electron chi connectivity index (χ4n) is 2.46. The maximum atomic E-state index is 13.9. The topological polar surface area (TPSA) is 27.6 Å². The van der Waals surface area contributed by atoms with Crippen LogP contribution in [-0.2, 0) is 0 Å². The van der Waals surface area contributed by atoms with Crippen molar-refractivity contribution < 1.29 is 8.78 Å². The van der Waals surface area contributed by atoms with E-state index in [1.54, 1.807) is 11.1 Å². The number of hydrazone groups is 1. The minimum absolute atomic E-state index is 0.196. The predicted octanol–water partition coefficient (Wildman–Crippen LogP) is 2.47. The van der Waals surface area contributed by atoms with Gasteiger partial charge in [0.15, 0.2) is 5.17 Å². The highest BCUT2D eigenvalue weighted by Crippen LogP contribution is 2.39. The first-order chi connectivity index (χ1) is 8.69. The van der Waals surface area contributed by atoms with E-state index >= 15 is 0 Å². The lowest BCUT2D eigenvalue weighted by Crippen LogP contribution is -2.38. The number of amidine groups is 1. The van der Waals surface area contributed by atoms with E-state index in [-0.39, 0.29) is 11.9 Å². The molecule has 1 unspecified atom stereocenters. The van der Waals surface area contributed by atoms with Crippen LogP contribution in [0.3, 0.4) is 0 Å². The minimum Gasteiger partial charge on any atom is -0.339 e. The molecule has 3 atom stereocenters. The van der Waals surface area contributed by atoms with Gasteiger partial charge in [-0.25, -0.2) is 8.78 Å². The van der Waals surface area contributed by atoms with Gasteiger partial charge in [0.25, 0.3) is 0 Å². The predicted molar refractivity (Wildman–Crippen MR) is 68.4 cm³/mol. The molecule has 1 aromatic carbocycles. The van der Waals surface area contributed by atoms with E-state index in [2.05, 4.69) is 10.4 Å². The Morgan fingerprint density at radius 1 is 1.50 bits per heavy atom. The summed E-state index contributed by atoms with van der Waals surface area (Å²) in [6.45, 7) is 0. The smallest absolute Gasteiger partial charge is 0.182 e. The van der Waals surface area contributed by atoms with E-state index < -0.39 is 12.3 Å². The first kappa shape index (κ1) is 11.8. The standard InChI is InChI=1S/C12H13F2N3S/c1-18-12-15-11-9(14)6-10(17(11)16-12)7-3-2-4-8(13)5-7/h2-5,9-11H,6H2,1H3,(H,15,16)/t9-,10-,11?/m0/s1. The first-order valence-corrected chi connectivity index (χ1v) is 6.98. The summed E-state index contributed by atoms with van der Waals surface area (Å²) >= 11 is 1.45. The van der Waals surface area contributed by atoms with E-state index in [0.717, 1.165) is 5.56 Å².